The summed E-state index contributed by atoms with van der Waals surface area (Å²) in [6.07, 6.45) is 6.36. The number of carboxylic acid groups (broad SMARTS) is 2. The maximum absolute atomic E-state index is 11.1. The molecule has 4 nitrogen and oxygen atoms in total. The zero-order valence-electron chi connectivity index (χ0n) is 9.93. The Kier molecular flexibility index (Phi) is 3.22. The normalized spacial score (nSPS) is 33.7. The van der Waals surface area contributed by atoms with Crippen molar-refractivity contribution >= 4 is 11.9 Å². The van der Waals surface area contributed by atoms with Gasteiger partial charge >= 0.3 is 11.9 Å². The molecule has 2 bridgehead atoms. The molecule has 4 unspecified atom stereocenters. The summed E-state index contributed by atoms with van der Waals surface area (Å²) in [6, 6.07) is 0. The van der Waals surface area contributed by atoms with Crippen molar-refractivity contribution in [1.29, 1.82) is 0 Å². The summed E-state index contributed by atoms with van der Waals surface area (Å²) in [6.45, 7) is 1.44. The number of rotatable bonds is 4. The van der Waals surface area contributed by atoms with Gasteiger partial charge in [-0.25, -0.2) is 4.79 Å². The van der Waals surface area contributed by atoms with E-state index in [0.717, 1.165) is 12.3 Å². The minimum Gasteiger partial charge on any atom is -0.481 e. The van der Waals surface area contributed by atoms with Crippen molar-refractivity contribution < 1.29 is 19.8 Å². The molecule has 0 heterocycles. The van der Waals surface area contributed by atoms with Gasteiger partial charge in [0.15, 0.2) is 0 Å². The number of fused-ring (bicyclic) bond motifs is 2. The molecule has 2 fully saturated rings. The molecule has 2 N–H and O–H groups in total. The van der Waals surface area contributed by atoms with E-state index in [0.29, 0.717) is 5.92 Å². The molecule has 2 saturated carbocycles. The van der Waals surface area contributed by atoms with Gasteiger partial charge in [-0.2, -0.15) is 0 Å². The lowest BCUT2D eigenvalue weighted by atomic mass is 9.85. The topological polar surface area (TPSA) is 74.6 Å². The molecule has 0 aliphatic heterocycles. The average Bonchev–Trinajstić information content (AvgIpc) is 2.85. The number of carboxylic acids is 2. The number of hydrogen-bond acceptors (Lipinski definition) is 2. The number of aliphatic carboxylic acids is 2. The third-order valence-electron chi connectivity index (χ3n) is 4.27. The maximum atomic E-state index is 11.1. The standard InChI is InChI=1S/C13H18O4/c1-7(12(14)15)11(13(16)17)6-10-5-8-2-3-9(10)4-8/h6-10H,2-5H2,1H3,(H,14,15)(H,16,17). The molecule has 0 saturated heterocycles. The highest BCUT2D eigenvalue weighted by atomic mass is 16.4. The second-order valence-corrected chi connectivity index (χ2v) is 5.33. The van der Waals surface area contributed by atoms with Crippen LogP contribution >= 0.6 is 0 Å². The van der Waals surface area contributed by atoms with E-state index in [4.69, 9.17) is 10.2 Å². The highest BCUT2D eigenvalue weighted by Gasteiger charge is 2.39. The smallest absolute Gasteiger partial charge is 0.332 e. The maximum Gasteiger partial charge on any atom is 0.332 e. The van der Waals surface area contributed by atoms with Gasteiger partial charge in [-0.3, -0.25) is 4.79 Å². The highest BCUT2D eigenvalue weighted by molar-refractivity contribution is 5.93. The van der Waals surface area contributed by atoms with Gasteiger partial charge in [-0.15, -0.1) is 0 Å². The van der Waals surface area contributed by atoms with E-state index >= 15 is 0 Å². The minimum absolute atomic E-state index is 0.0510. The van der Waals surface area contributed by atoms with E-state index in [-0.39, 0.29) is 11.5 Å². The third-order valence-corrected chi connectivity index (χ3v) is 4.27. The van der Waals surface area contributed by atoms with Gasteiger partial charge in [0.1, 0.15) is 0 Å². The monoisotopic (exact) mass is 238 g/mol. The van der Waals surface area contributed by atoms with Crippen LogP contribution in [0.5, 0.6) is 0 Å². The van der Waals surface area contributed by atoms with Crippen molar-refractivity contribution in [3.05, 3.63) is 11.6 Å². The van der Waals surface area contributed by atoms with Crippen LogP contribution in [0, 0.1) is 23.7 Å². The summed E-state index contributed by atoms with van der Waals surface area (Å²) in [4.78, 5) is 22.0. The summed E-state index contributed by atoms with van der Waals surface area (Å²) in [5.41, 5.74) is 0.0510. The first kappa shape index (κ1) is 12.1. The molecule has 0 aromatic rings. The van der Waals surface area contributed by atoms with Gasteiger partial charge in [-0.05, 0) is 43.9 Å². The van der Waals surface area contributed by atoms with E-state index in [2.05, 4.69) is 0 Å². The van der Waals surface area contributed by atoms with Gasteiger partial charge in [-0.1, -0.05) is 12.5 Å². The molecule has 2 rings (SSSR count). The summed E-state index contributed by atoms with van der Waals surface area (Å²) < 4.78 is 0. The second-order valence-electron chi connectivity index (χ2n) is 5.33. The van der Waals surface area contributed by atoms with Crippen molar-refractivity contribution in [3.63, 3.8) is 0 Å². The summed E-state index contributed by atoms with van der Waals surface area (Å²) in [7, 11) is 0. The Bertz CT molecular complexity index is 372. The van der Waals surface area contributed by atoms with Crippen LogP contribution in [-0.2, 0) is 9.59 Å². The Morgan fingerprint density at radius 2 is 1.94 bits per heavy atom. The van der Waals surface area contributed by atoms with Crippen LogP contribution in [0.2, 0.25) is 0 Å². The molecule has 4 heteroatoms. The fourth-order valence-corrected chi connectivity index (χ4v) is 3.26. The Labute approximate surface area is 100 Å². The Hall–Kier alpha value is -1.32. The summed E-state index contributed by atoms with van der Waals surface area (Å²) in [5, 5.41) is 18.0. The van der Waals surface area contributed by atoms with Gasteiger partial charge in [0.25, 0.3) is 0 Å². The number of allylic oxidation sites excluding steroid dienone is 1. The van der Waals surface area contributed by atoms with E-state index in [1.165, 1.54) is 26.2 Å². The van der Waals surface area contributed by atoms with E-state index < -0.39 is 17.9 Å². The molecule has 0 aromatic carbocycles. The van der Waals surface area contributed by atoms with Crippen molar-refractivity contribution in [1.82, 2.24) is 0 Å². The molecule has 2 aliphatic carbocycles. The van der Waals surface area contributed by atoms with Gasteiger partial charge in [0.05, 0.1) is 5.92 Å². The summed E-state index contributed by atoms with van der Waals surface area (Å²) in [5.74, 6) is -1.50. The first-order valence-corrected chi connectivity index (χ1v) is 6.16. The molecule has 0 aromatic heterocycles. The Balaban J connectivity index is 2.16. The van der Waals surface area contributed by atoms with Gasteiger partial charge in [0, 0.05) is 5.57 Å². The molecule has 2 aliphatic rings. The van der Waals surface area contributed by atoms with Crippen molar-refractivity contribution in [2.24, 2.45) is 23.7 Å². The molecule has 0 amide bonds. The van der Waals surface area contributed by atoms with E-state index in [1.807, 2.05) is 0 Å². The fourth-order valence-electron chi connectivity index (χ4n) is 3.26. The van der Waals surface area contributed by atoms with E-state index in [9.17, 15) is 9.59 Å². The zero-order chi connectivity index (χ0) is 12.6. The third kappa shape index (κ3) is 2.35. The van der Waals surface area contributed by atoms with Crippen molar-refractivity contribution in [2.75, 3.05) is 0 Å². The van der Waals surface area contributed by atoms with Crippen LogP contribution in [0.3, 0.4) is 0 Å². The lowest BCUT2D eigenvalue weighted by Gasteiger charge is -2.19. The number of carbonyl (C=O) groups is 2. The fraction of sp³-hybridized carbons (Fsp3) is 0.692. The SMILES string of the molecule is CC(C(=O)O)C(=CC1CC2CCC1C2)C(=O)O. The van der Waals surface area contributed by atoms with Crippen LogP contribution < -0.4 is 0 Å². The Morgan fingerprint density at radius 3 is 2.35 bits per heavy atom. The summed E-state index contributed by atoms with van der Waals surface area (Å²) >= 11 is 0. The zero-order valence-corrected chi connectivity index (χ0v) is 9.93. The average molecular weight is 238 g/mol. The molecule has 0 radical (unpaired) electrons. The molecular weight excluding hydrogens is 220 g/mol. The van der Waals surface area contributed by atoms with Crippen LogP contribution in [0.15, 0.2) is 11.6 Å². The van der Waals surface area contributed by atoms with Crippen LogP contribution in [0.1, 0.15) is 32.6 Å². The predicted molar refractivity (Wildman–Crippen MR) is 61.5 cm³/mol. The van der Waals surface area contributed by atoms with Crippen molar-refractivity contribution in [2.45, 2.75) is 32.6 Å². The number of hydrogen-bond donors (Lipinski definition) is 2. The lowest BCUT2D eigenvalue weighted by molar-refractivity contribution is -0.143. The minimum atomic E-state index is -1.09. The molecule has 4 atom stereocenters. The molecule has 17 heavy (non-hydrogen) atoms. The quantitative estimate of drug-likeness (QED) is 0.736. The van der Waals surface area contributed by atoms with Crippen molar-refractivity contribution in [3.8, 4) is 0 Å². The predicted octanol–water partition coefficient (Wildman–Crippen LogP) is 2.15. The lowest BCUT2D eigenvalue weighted by Crippen LogP contribution is -2.20. The largest absolute Gasteiger partial charge is 0.481 e. The Morgan fingerprint density at radius 1 is 1.24 bits per heavy atom. The highest BCUT2D eigenvalue weighted by Crippen LogP contribution is 2.49. The van der Waals surface area contributed by atoms with E-state index in [1.54, 1.807) is 6.08 Å². The molecule has 94 valence electrons. The first-order valence-electron chi connectivity index (χ1n) is 6.16. The van der Waals surface area contributed by atoms with Gasteiger partial charge < -0.3 is 10.2 Å². The van der Waals surface area contributed by atoms with Gasteiger partial charge in [0.2, 0.25) is 0 Å². The first-order chi connectivity index (χ1) is 7.99. The van der Waals surface area contributed by atoms with Crippen LogP contribution in [0.4, 0.5) is 0 Å². The van der Waals surface area contributed by atoms with Crippen LogP contribution in [0.25, 0.3) is 0 Å². The second kappa shape index (κ2) is 4.51. The molecular formula is C13H18O4. The molecule has 0 spiro atoms. The van der Waals surface area contributed by atoms with Crippen LogP contribution in [-0.4, -0.2) is 22.2 Å².